The summed E-state index contributed by atoms with van der Waals surface area (Å²) in [7, 11) is 1.56. The number of benzene rings is 1. The number of carbonyl (C=O) groups is 1. The first-order valence-electron chi connectivity index (χ1n) is 5.17. The van der Waals surface area contributed by atoms with E-state index >= 15 is 0 Å². The maximum atomic E-state index is 10.8. The molecule has 1 aromatic rings. The third-order valence-electron chi connectivity index (χ3n) is 2.74. The van der Waals surface area contributed by atoms with Crippen molar-refractivity contribution in [2.75, 3.05) is 13.9 Å². The summed E-state index contributed by atoms with van der Waals surface area (Å²) in [6, 6.07) is 7.53. The molecule has 0 saturated heterocycles. The Kier molecular flexibility index (Phi) is 3.10. The van der Waals surface area contributed by atoms with Crippen LogP contribution in [0.15, 0.2) is 24.3 Å². The van der Waals surface area contributed by atoms with E-state index in [9.17, 15) is 4.79 Å². The minimum absolute atomic E-state index is 0.142. The Morgan fingerprint density at radius 1 is 1.56 bits per heavy atom. The fourth-order valence-corrected chi connectivity index (χ4v) is 1.80. The zero-order valence-electron chi connectivity index (χ0n) is 9.05. The Morgan fingerprint density at radius 2 is 2.38 bits per heavy atom. The monoisotopic (exact) mass is 222 g/mol. The van der Waals surface area contributed by atoms with Crippen molar-refractivity contribution in [1.82, 2.24) is 0 Å². The lowest BCUT2D eigenvalue weighted by Crippen LogP contribution is -2.00. The van der Waals surface area contributed by atoms with E-state index < -0.39 is 5.97 Å². The van der Waals surface area contributed by atoms with Crippen LogP contribution in [0.5, 0.6) is 5.75 Å². The highest BCUT2D eigenvalue weighted by Crippen LogP contribution is 2.48. The van der Waals surface area contributed by atoms with E-state index in [0.717, 1.165) is 17.7 Å². The topological polar surface area (TPSA) is 55.8 Å². The van der Waals surface area contributed by atoms with Crippen LogP contribution in [0.4, 0.5) is 0 Å². The van der Waals surface area contributed by atoms with Crippen LogP contribution in [-0.2, 0) is 9.53 Å². The van der Waals surface area contributed by atoms with Gasteiger partial charge in [0, 0.05) is 7.11 Å². The molecule has 0 aliphatic heterocycles. The van der Waals surface area contributed by atoms with Crippen LogP contribution in [0.1, 0.15) is 17.9 Å². The summed E-state index contributed by atoms with van der Waals surface area (Å²) in [5, 5.41) is 8.84. The average molecular weight is 222 g/mol. The molecule has 0 amide bonds. The Hall–Kier alpha value is -1.55. The average Bonchev–Trinajstić information content (AvgIpc) is 3.07. The first kappa shape index (κ1) is 11.0. The van der Waals surface area contributed by atoms with Gasteiger partial charge in [0.15, 0.2) is 6.79 Å². The third-order valence-corrected chi connectivity index (χ3v) is 2.74. The summed E-state index contributed by atoms with van der Waals surface area (Å²) in [5.41, 5.74) is 1.03. The van der Waals surface area contributed by atoms with Gasteiger partial charge in [0.2, 0.25) is 0 Å². The second kappa shape index (κ2) is 4.53. The van der Waals surface area contributed by atoms with E-state index in [-0.39, 0.29) is 18.6 Å². The lowest BCUT2D eigenvalue weighted by atomic mass is 10.1. The van der Waals surface area contributed by atoms with Gasteiger partial charge in [-0.15, -0.1) is 0 Å². The molecule has 0 unspecified atom stereocenters. The summed E-state index contributed by atoms with van der Waals surface area (Å²) in [5.74, 6) is -0.0788. The number of carboxylic acids is 1. The van der Waals surface area contributed by atoms with Crippen LogP contribution in [0.2, 0.25) is 0 Å². The number of hydrogen-bond acceptors (Lipinski definition) is 3. The second-order valence-electron chi connectivity index (χ2n) is 3.91. The van der Waals surface area contributed by atoms with Crippen molar-refractivity contribution in [3.8, 4) is 5.75 Å². The van der Waals surface area contributed by atoms with Crippen LogP contribution in [-0.4, -0.2) is 25.0 Å². The standard InChI is InChI=1S/C12H14O4/c1-15-7-16-9-4-2-3-8(5-9)10-6-11(10)12(13)14/h2-5,10-11H,6-7H2,1H3,(H,13,14)/t10-,11+/m1/s1. The second-order valence-corrected chi connectivity index (χ2v) is 3.91. The van der Waals surface area contributed by atoms with Gasteiger partial charge in [0.1, 0.15) is 5.75 Å². The molecule has 86 valence electrons. The first-order chi connectivity index (χ1) is 7.72. The van der Waals surface area contributed by atoms with E-state index in [0.29, 0.717) is 0 Å². The van der Waals surface area contributed by atoms with E-state index in [4.69, 9.17) is 14.6 Å². The van der Waals surface area contributed by atoms with E-state index in [2.05, 4.69) is 0 Å². The normalized spacial score (nSPS) is 22.8. The van der Waals surface area contributed by atoms with E-state index in [1.54, 1.807) is 7.11 Å². The van der Waals surface area contributed by atoms with Gasteiger partial charge >= 0.3 is 5.97 Å². The molecule has 0 aromatic heterocycles. The van der Waals surface area contributed by atoms with Gasteiger partial charge in [-0.05, 0) is 30.0 Å². The molecule has 1 fully saturated rings. The van der Waals surface area contributed by atoms with Gasteiger partial charge < -0.3 is 14.6 Å². The molecule has 0 bridgehead atoms. The Balaban J connectivity index is 2.03. The highest BCUT2D eigenvalue weighted by Gasteiger charge is 2.44. The Morgan fingerprint density at radius 3 is 3.00 bits per heavy atom. The molecule has 1 saturated carbocycles. The minimum Gasteiger partial charge on any atom is -0.481 e. The molecule has 1 aliphatic carbocycles. The lowest BCUT2D eigenvalue weighted by Gasteiger charge is -2.06. The van der Waals surface area contributed by atoms with Gasteiger partial charge in [-0.25, -0.2) is 0 Å². The summed E-state index contributed by atoms with van der Waals surface area (Å²) in [6.07, 6.45) is 0.725. The van der Waals surface area contributed by atoms with Gasteiger partial charge in [0.05, 0.1) is 5.92 Å². The quantitative estimate of drug-likeness (QED) is 0.772. The van der Waals surface area contributed by atoms with Crippen LogP contribution in [0.25, 0.3) is 0 Å². The zero-order chi connectivity index (χ0) is 11.5. The number of hydrogen-bond donors (Lipinski definition) is 1. The number of methoxy groups -OCH3 is 1. The Labute approximate surface area is 93.8 Å². The molecule has 1 aromatic carbocycles. The molecule has 0 heterocycles. The maximum absolute atomic E-state index is 10.8. The van der Waals surface area contributed by atoms with E-state index in [1.807, 2.05) is 24.3 Å². The first-order valence-corrected chi connectivity index (χ1v) is 5.17. The van der Waals surface area contributed by atoms with Gasteiger partial charge in [0.25, 0.3) is 0 Å². The SMILES string of the molecule is COCOc1cccc([C@H]2C[C@@H]2C(=O)O)c1. The fraction of sp³-hybridized carbons (Fsp3) is 0.417. The predicted octanol–water partition coefficient (Wildman–Crippen LogP) is 1.86. The van der Waals surface area contributed by atoms with Crippen molar-refractivity contribution in [2.24, 2.45) is 5.92 Å². The number of rotatable bonds is 5. The summed E-state index contributed by atoms with van der Waals surface area (Å²) < 4.78 is 10.1. The van der Waals surface area contributed by atoms with Gasteiger partial charge in [-0.2, -0.15) is 0 Å². The van der Waals surface area contributed by atoms with Crippen LogP contribution < -0.4 is 4.74 Å². The number of aliphatic carboxylic acids is 1. The number of ether oxygens (including phenoxy) is 2. The largest absolute Gasteiger partial charge is 0.481 e. The molecule has 0 spiro atoms. The molecule has 4 nitrogen and oxygen atoms in total. The zero-order valence-corrected chi connectivity index (χ0v) is 9.05. The molecular formula is C12H14O4. The van der Waals surface area contributed by atoms with Crippen molar-refractivity contribution in [1.29, 1.82) is 0 Å². The van der Waals surface area contributed by atoms with Crippen molar-refractivity contribution < 1.29 is 19.4 Å². The molecule has 0 radical (unpaired) electrons. The van der Waals surface area contributed by atoms with E-state index in [1.165, 1.54) is 0 Å². The highest BCUT2D eigenvalue weighted by molar-refractivity contribution is 5.75. The predicted molar refractivity (Wildman–Crippen MR) is 57.4 cm³/mol. The third kappa shape index (κ3) is 2.33. The Bertz CT molecular complexity index is 388. The lowest BCUT2D eigenvalue weighted by molar-refractivity contribution is -0.138. The van der Waals surface area contributed by atoms with Crippen molar-refractivity contribution in [3.05, 3.63) is 29.8 Å². The van der Waals surface area contributed by atoms with Crippen LogP contribution in [0, 0.1) is 5.92 Å². The summed E-state index contributed by atoms with van der Waals surface area (Å²) >= 11 is 0. The van der Waals surface area contributed by atoms with Crippen molar-refractivity contribution >= 4 is 5.97 Å². The fourth-order valence-electron chi connectivity index (χ4n) is 1.80. The maximum Gasteiger partial charge on any atom is 0.307 e. The molecule has 2 atom stereocenters. The highest BCUT2D eigenvalue weighted by atomic mass is 16.7. The smallest absolute Gasteiger partial charge is 0.307 e. The molecule has 1 N–H and O–H groups in total. The van der Waals surface area contributed by atoms with Crippen LogP contribution in [0.3, 0.4) is 0 Å². The molecular weight excluding hydrogens is 208 g/mol. The minimum atomic E-state index is -0.715. The summed E-state index contributed by atoms with van der Waals surface area (Å²) in [4.78, 5) is 10.8. The summed E-state index contributed by atoms with van der Waals surface area (Å²) in [6.45, 7) is 0.205. The van der Waals surface area contributed by atoms with Crippen molar-refractivity contribution in [3.63, 3.8) is 0 Å². The molecule has 1 aliphatic rings. The van der Waals surface area contributed by atoms with Crippen LogP contribution >= 0.6 is 0 Å². The van der Waals surface area contributed by atoms with Gasteiger partial charge in [-0.1, -0.05) is 12.1 Å². The van der Waals surface area contributed by atoms with Crippen molar-refractivity contribution in [2.45, 2.75) is 12.3 Å². The number of carboxylic acid groups (broad SMARTS) is 1. The molecule has 2 rings (SSSR count). The molecule has 4 heteroatoms. The molecule has 16 heavy (non-hydrogen) atoms. The van der Waals surface area contributed by atoms with Gasteiger partial charge in [-0.3, -0.25) is 4.79 Å².